The number of benzene rings is 1. The SMILES string of the molecule is Cc1c(Cc2ccc(Cl)nc2)cc2c(c1C)OCN([C@@H]1COCC[C@H]1O)C2=O. The molecule has 1 fully saturated rings. The van der Waals surface area contributed by atoms with Gasteiger partial charge in [0.1, 0.15) is 10.9 Å². The maximum absolute atomic E-state index is 13.2. The maximum Gasteiger partial charge on any atom is 0.260 e. The van der Waals surface area contributed by atoms with Crippen molar-refractivity contribution in [3.8, 4) is 5.75 Å². The highest BCUT2D eigenvalue weighted by Gasteiger charge is 2.37. The van der Waals surface area contributed by atoms with Crippen molar-refractivity contribution in [1.29, 1.82) is 0 Å². The van der Waals surface area contributed by atoms with Crippen LogP contribution in [-0.2, 0) is 11.2 Å². The summed E-state index contributed by atoms with van der Waals surface area (Å²) in [5.74, 6) is 0.498. The summed E-state index contributed by atoms with van der Waals surface area (Å²) < 4.78 is 11.4. The molecule has 2 aliphatic heterocycles. The van der Waals surface area contributed by atoms with E-state index >= 15 is 0 Å². The zero-order chi connectivity index (χ0) is 19.8. The van der Waals surface area contributed by atoms with E-state index in [-0.39, 0.29) is 18.7 Å². The zero-order valence-electron chi connectivity index (χ0n) is 15.9. The van der Waals surface area contributed by atoms with Crippen LogP contribution in [0.5, 0.6) is 5.75 Å². The lowest BCUT2D eigenvalue weighted by Gasteiger charge is -2.40. The van der Waals surface area contributed by atoms with E-state index in [4.69, 9.17) is 21.1 Å². The van der Waals surface area contributed by atoms with Crippen molar-refractivity contribution >= 4 is 17.5 Å². The number of pyridine rings is 1. The van der Waals surface area contributed by atoms with E-state index in [9.17, 15) is 9.90 Å². The van der Waals surface area contributed by atoms with Crippen molar-refractivity contribution in [1.82, 2.24) is 9.88 Å². The first kappa shape index (κ1) is 19.2. The van der Waals surface area contributed by atoms with Crippen LogP contribution in [0.4, 0.5) is 0 Å². The Morgan fingerprint density at radius 3 is 2.86 bits per heavy atom. The number of amides is 1. The minimum absolute atomic E-state index is 0.123. The molecule has 1 amide bonds. The molecule has 0 saturated carbocycles. The number of nitrogens with zero attached hydrogens (tertiary/aromatic N) is 2. The molecule has 0 aliphatic carbocycles. The number of aromatic nitrogens is 1. The first-order valence-corrected chi connectivity index (χ1v) is 9.76. The van der Waals surface area contributed by atoms with Crippen molar-refractivity contribution in [3.05, 3.63) is 57.4 Å². The molecule has 1 aromatic heterocycles. The van der Waals surface area contributed by atoms with E-state index in [2.05, 4.69) is 4.98 Å². The lowest BCUT2D eigenvalue weighted by molar-refractivity contribution is -0.0697. The Bertz CT molecular complexity index is 900. The molecule has 1 N–H and O–H groups in total. The fraction of sp³-hybridized carbons (Fsp3) is 0.429. The molecule has 7 heteroatoms. The third kappa shape index (κ3) is 3.48. The summed E-state index contributed by atoms with van der Waals surface area (Å²) in [6.45, 7) is 4.96. The zero-order valence-corrected chi connectivity index (χ0v) is 16.7. The molecule has 1 saturated heterocycles. The summed E-state index contributed by atoms with van der Waals surface area (Å²) in [6, 6.07) is 5.21. The molecule has 148 valence electrons. The maximum atomic E-state index is 13.2. The second kappa shape index (κ2) is 7.70. The van der Waals surface area contributed by atoms with Crippen molar-refractivity contribution in [2.24, 2.45) is 0 Å². The highest BCUT2D eigenvalue weighted by atomic mass is 35.5. The van der Waals surface area contributed by atoms with E-state index < -0.39 is 6.10 Å². The van der Waals surface area contributed by atoms with Gasteiger partial charge in [0.2, 0.25) is 0 Å². The first-order valence-electron chi connectivity index (χ1n) is 9.38. The van der Waals surface area contributed by atoms with Crippen LogP contribution in [0, 0.1) is 13.8 Å². The second-order valence-corrected chi connectivity index (χ2v) is 7.76. The smallest absolute Gasteiger partial charge is 0.260 e. The number of carbonyl (C=O) groups excluding carboxylic acids is 1. The van der Waals surface area contributed by atoms with Crippen molar-refractivity contribution in [2.75, 3.05) is 19.9 Å². The number of fused-ring (bicyclic) bond motifs is 1. The van der Waals surface area contributed by atoms with Crippen LogP contribution in [0.2, 0.25) is 5.15 Å². The minimum Gasteiger partial charge on any atom is -0.472 e. The fourth-order valence-electron chi connectivity index (χ4n) is 3.82. The molecule has 2 atom stereocenters. The predicted molar refractivity (Wildman–Crippen MR) is 105 cm³/mol. The van der Waals surface area contributed by atoms with Crippen LogP contribution in [0.25, 0.3) is 0 Å². The Labute approximate surface area is 169 Å². The number of carbonyl (C=O) groups is 1. The molecule has 28 heavy (non-hydrogen) atoms. The summed E-state index contributed by atoms with van der Waals surface area (Å²) in [7, 11) is 0. The first-order chi connectivity index (χ1) is 13.5. The molecule has 2 aromatic rings. The average molecular weight is 403 g/mol. The summed E-state index contributed by atoms with van der Waals surface area (Å²) in [5, 5.41) is 10.8. The van der Waals surface area contributed by atoms with Crippen molar-refractivity contribution in [3.63, 3.8) is 0 Å². The number of aliphatic hydroxyl groups excluding tert-OH is 1. The lowest BCUT2D eigenvalue weighted by Crippen LogP contribution is -2.55. The normalized spacial score (nSPS) is 22.0. The highest BCUT2D eigenvalue weighted by molar-refractivity contribution is 6.29. The molecular formula is C21H23ClN2O4. The monoisotopic (exact) mass is 402 g/mol. The molecule has 0 bridgehead atoms. The molecule has 4 rings (SSSR count). The van der Waals surface area contributed by atoms with Gasteiger partial charge >= 0.3 is 0 Å². The third-order valence-corrected chi connectivity index (χ3v) is 5.89. The molecule has 0 radical (unpaired) electrons. The Morgan fingerprint density at radius 1 is 1.32 bits per heavy atom. The summed E-state index contributed by atoms with van der Waals surface area (Å²) in [6.07, 6.45) is 2.31. The molecule has 0 unspecified atom stereocenters. The van der Waals surface area contributed by atoms with E-state index in [1.165, 1.54) is 0 Å². The largest absolute Gasteiger partial charge is 0.472 e. The van der Waals surface area contributed by atoms with Gasteiger partial charge in [-0.2, -0.15) is 0 Å². The molecule has 2 aliphatic rings. The van der Waals surface area contributed by atoms with E-state index in [1.807, 2.05) is 26.0 Å². The summed E-state index contributed by atoms with van der Waals surface area (Å²) >= 11 is 5.88. The number of aliphatic hydroxyl groups is 1. The van der Waals surface area contributed by atoms with E-state index in [0.29, 0.717) is 42.5 Å². The van der Waals surface area contributed by atoms with Gasteiger partial charge in [0.05, 0.1) is 24.3 Å². The predicted octanol–water partition coefficient (Wildman–Crippen LogP) is 2.88. The van der Waals surface area contributed by atoms with Crippen LogP contribution >= 0.6 is 11.6 Å². The molecule has 3 heterocycles. The molecule has 1 aromatic carbocycles. The van der Waals surface area contributed by atoms with Crippen LogP contribution in [0.3, 0.4) is 0 Å². The Kier molecular flexibility index (Phi) is 5.27. The van der Waals surface area contributed by atoms with Crippen LogP contribution in [0.15, 0.2) is 24.4 Å². The van der Waals surface area contributed by atoms with E-state index in [0.717, 1.165) is 22.3 Å². The van der Waals surface area contributed by atoms with Gasteiger partial charge in [-0.05, 0) is 61.1 Å². The standard InChI is InChI=1S/C21H23ClN2O4/c1-12-13(2)20-16(8-15(12)7-14-3-4-19(22)23-9-14)21(26)24(11-28-20)17-10-27-6-5-18(17)25/h3-4,8-9,17-18,25H,5-7,10-11H2,1-2H3/t17-,18-/m1/s1. The Balaban J connectivity index is 1.67. The molecule has 0 spiro atoms. The quantitative estimate of drug-likeness (QED) is 0.799. The van der Waals surface area contributed by atoms with Gasteiger partial charge in [0.25, 0.3) is 5.91 Å². The van der Waals surface area contributed by atoms with Gasteiger partial charge in [-0.25, -0.2) is 4.98 Å². The highest BCUT2D eigenvalue weighted by Crippen LogP contribution is 2.35. The Morgan fingerprint density at radius 2 is 2.14 bits per heavy atom. The number of hydrogen-bond acceptors (Lipinski definition) is 5. The van der Waals surface area contributed by atoms with Gasteiger partial charge in [0, 0.05) is 12.8 Å². The number of rotatable bonds is 3. The van der Waals surface area contributed by atoms with E-state index in [1.54, 1.807) is 17.2 Å². The second-order valence-electron chi connectivity index (χ2n) is 7.37. The third-order valence-electron chi connectivity index (χ3n) is 5.66. The van der Waals surface area contributed by atoms with Crippen LogP contribution < -0.4 is 4.74 Å². The van der Waals surface area contributed by atoms with Gasteiger partial charge in [-0.15, -0.1) is 0 Å². The van der Waals surface area contributed by atoms with Crippen LogP contribution in [-0.4, -0.2) is 53.0 Å². The number of ether oxygens (including phenoxy) is 2. The number of hydrogen-bond donors (Lipinski definition) is 1. The molecule has 6 nitrogen and oxygen atoms in total. The minimum atomic E-state index is -0.603. The average Bonchev–Trinajstić information content (AvgIpc) is 2.69. The topological polar surface area (TPSA) is 71.9 Å². The lowest BCUT2D eigenvalue weighted by atomic mass is 9.92. The Hall–Kier alpha value is -2.15. The molecular weight excluding hydrogens is 380 g/mol. The van der Waals surface area contributed by atoms with Gasteiger partial charge in [-0.1, -0.05) is 17.7 Å². The van der Waals surface area contributed by atoms with Gasteiger partial charge in [0.15, 0.2) is 6.73 Å². The summed E-state index contributed by atoms with van der Waals surface area (Å²) in [4.78, 5) is 18.9. The van der Waals surface area contributed by atoms with Crippen LogP contribution in [0.1, 0.15) is 39.0 Å². The van der Waals surface area contributed by atoms with Gasteiger partial charge < -0.3 is 14.6 Å². The summed E-state index contributed by atoms with van der Waals surface area (Å²) in [5.41, 5.74) is 4.64. The fourth-order valence-corrected chi connectivity index (χ4v) is 3.94. The number of halogens is 1. The van der Waals surface area contributed by atoms with Gasteiger partial charge in [-0.3, -0.25) is 9.69 Å². The van der Waals surface area contributed by atoms with Crippen molar-refractivity contribution < 1.29 is 19.4 Å². The van der Waals surface area contributed by atoms with Crippen molar-refractivity contribution in [2.45, 2.75) is 38.8 Å².